The summed E-state index contributed by atoms with van der Waals surface area (Å²) in [6.07, 6.45) is 11.6. The van der Waals surface area contributed by atoms with E-state index in [0.29, 0.717) is 23.7 Å². The van der Waals surface area contributed by atoms with Crippen LogP contribution in [0.2, 0.25) is 0 Å². The first kappa shape index (κ1) is 23.9. The molecule has 2 N–H and O–H groups in total. The number of carboxylic acids is 1. The number of aliphatic hydroxyl groups excluding tert-OH is 1. The summed E-state index contributed by atoms with van der Waals surface area (Å²) in [6, 6.07) is 0. The zero-order chi connectivity index (χ0) is 24.2. The molecule has 0 aromatic heterocycles. The van der Waals surface area contributed by atoms with Crippen molar-refractivity contribution in [3.05, 3.63) is 11.6 Å². The maximum atomic E-state index is 12.8. The van der Waals surface area contributed by atoms with Gasteiger partial charge in [0.15, 0.2) is 0 Å². The number of carbonyl (C=O) groups is 1. The van der Waals surface area contributed by atoms with E-state index in [1.807, 2.05) is 0 Å². The van der Waals surface area contributed by atoms with Crippen LogP contribution in [-0.2, 0) is 4.79 Å². The van der Waals surface area contributed by atoms with E-state index in [2.05, 4.69) is 54.5 Å². The van der Waals surface area contributed by atoms with E-state index in [-0.39, 0.29) is 33.7 Å². The maximum Gasteiger partial charge on any atom is 0.310 e. The second-order valence-corrected chi connectivity index (χ2v) is 14.5. The number of allylic oxidation sites excluding steroid dienone is 2. The monoisotopic (exact) mass is 456 g/mol. The van der Waals surface area contributed by atoms with Crippen molar-refractivity contribution in [2.24, 2.45) is 56.7 Å². The van der Waals surface area contributed by atoms with Gasteiger partial charge in [0.1, 0.15) is 0 Å². The highest BCUT2D eigenvalue weighted by atomic mass is 16.4. The molecule has 4 fully saturated rings. The molecule has 0 aromatic rings. The van der Waals surface area contributed by atoms with Crippen LogP contribution in [0.5, 0.6) is 0 Å². The molecule has 10 atom stereocenters. The lowest BCUT2D eigenvalue weighted by Gasteiger charge is -2.73. The molecule has 186 valence electrons. The zero-order valence-corrected chi connectivity index (χ0v) is 22.2. The molecule has 0 bridgehead atoms. The number of fused-ring (bicyclic) bond motifs is 7. The Balaban J connectivity index is 1.57. The van der Waals surface area contributed by atoms with Gasteiger partial charge in [-0.1, -0.05) is 53.2 Å². The van der Waals surface area contributed by atoms with Crippen LogP contribution in [0, 0.1) is 56.7 Å². The van der Waals surface area contributed by atoms with Crippen LogP contribution in [0.15, 0.2) is 11.6 Å². The Morgan fingerprint density at radius 2 is 1.61 bits per heavy atom. The third-order valence-electron chi connectivity index (χ3n) is 13.5. The lowest BCUT2D eigenvalue weighted by molar-refractivity contribution is -0.252. The van der Waals surface area contributed by atoms with Gasteiger partial charge in [0.2, 0.25) is 0 Å². The summed E-state index contributed by atoms with van der Waals surface area (Å²) >= 11 is 0. The molecule has 0 amide bonds. The molecule has 0 aromatic carbocycles. The standard InChI is InChI=1S/C30H48O3/c1-18-10-15-30(25(32)33)17-16-28(6)20(24(30)19(18)2)8-9-22-27(5)13-12-23(31)26(3,4)21(27)11-14-29(22,28)7/h10,19-24,31H,8-9,11-17H2,1-7H3,(H,32,33)/t19-,20-,21+,22-,23+,24-,27+,28-,29-,30+/m1/s1. The van der Waals surface area contributed by atoms with Crippen LogP contribution in [0.1, 0.15) is 106 Å². The van der Waals surface area contributed by atoms with Crippen molar-refractivity contribution >= 4 is 5.97 Å². The van der Waals surface area contributed by atoms with Crippen molar-refractivity contribution in [1.29, 1.82) is 0 Å². The zero-order valence-electron chi connectivity index (χ0n) is 22.2. The largest absolute Gasteiger partial charge is 0.481 e. The fraction of sp³-hybridized carbons (Fsp3) is 0.900. The average molecular weight is 457 g/mol. The number of rotatable bonds is 1. The normalized spacial score (nSPS) is 55.3. The van der Waals surface area contributed by atoms with Crippen molar-refractivity contribution in [3.8, 4) is 0 Å². The summed E-state index contributed by atoms with van der Waals surface area (Å²) in [4.78, 5) is 12.8. The molecule has 0 heterocycles. The van der Waals surface area contributed by atoms with Gasteiger partial charge in [0.05, 0.1) is 11.5 Å². The third-order valence-corrected chi connectivity index (χ3v) is 13.5. The highest BCUT2D eigenvalue weighted by molar-refractivity contribution is 5.76. The van der Waals surface area contributed by atoms with Gasteiger partial charge in [-0.3, -0.25) is 4.79 Å². The van der Waals surface area contributed by atoms with Crippen molar-refractivity contribution < 1.29 is 15.0 Å². The van der Waals surface area contributed by atoms with Crippen molar-refractivity contribution in [1.82, 2.24) is 0 Å². The molecule has 5 aliphatic carbocycles. The Kier molecular flexibility index (Phi) is 5.15. The molecule has 0 spiro atoms. The summed E-state index contributed by atoms with van der Waals surface area (Å²) in [5.41, 5.74) is 1.55. The van der Waals surface area contributed by atoms with Gasteiger partial charge in [0, 0.05) is 0 Å². The fourth-order valence-electron chi connectivity index (χ4n) is 11.3. The van der Waals surface area contributed by atoms with Gasteiger partial charge in [-0.05, 0) is 116 Å². The topological polar surface area (TPSA) is 57.5 Å². The lowest BCUT2D eigenvalue weighted by Crippen LogP contribution is -2.67. The van der Waals surface area contributed by atoms with Gasteiger partial charge in [-0.25, -0.2) is 0 Å². The quantitative estimate of drug-likeness (QED) is 0.414. The summed E-state index contributed by atoms with van der Waals surface area (Å²) in [5, 5.41) is 21.4. The Hall–Kier alpha value is -0.830. The predicted octanol–water partition coefficient (Wildman–Crippen LogP) is 7.09. The number of aliphatic hydroxyl groups is 1. The van der Waals surface area contributed by atoms with Gasteiger partial charge < -0.3 is 10.2 Å². The molecule has 3 heteroatoms. The Bertz CT molecular complexity index is 874. The van der Waals surface area contributed by atoms with Gasteiger partial charge in [-0.2, -0.15) is 0 Å². The van der Waals surface area contributed by atoms with Crippen LogP contribution in [0.3, 0.4) is 0 Å². The first-order valence-electron chi connectivity index (χ1n) is 13.8. The van der Waals surface area contributed by atoms with Crippen LogP contribution in [0.25, 0.3) is 0 Å². The average Bonchev–Trinajstić information content (AvgIpc) is 2.74. The van der Waals surface area contributed by atoms with Crippen LogP contribution < -0.4 is 0 Å². The lowest BCUT2D eigenvalue weighted by atomic mass is 9.31. The molecule has 33 heavy (non-hydrogen) atoms. The van der Waals surface area contributed by atoms with Crippen molar-refractivity contribution in [2.45, 2.75) is 112 Å². The second kappa shape index (κ2) is 7.11. The van der Waals surface area contributed by atoms with Crippen molar-refractivity contribution in [3.63, 3.8) is 0 Å². The second-order valence-electron chi connectivity index (χ2n) is 14.5. The van der Waals surface area contributed by atoms with Gasteiger partial charge >= 0.3 is 5.97 Å². The minimum atomic E-state index is -0.565. The van der Waals surface area contributed by atoms with E-state index in [1.165, 1.54) is 31.3 Å². The van der Waals surface area contributed by atoms with Crippen LogP contribution >= 0.6 is 0 Å². The van der Waals surface area contributed by atoms with Gasteiger partial charge in [0.25, 0.3) is 0 Å². The van der Waals surface area contributed by atoms with E-state index < -0.39 is 11.4 Å². The predicted molar refractivity (Wildman–Crippen MR) is 133 cm³/mol. The molecule has 4 saturated carbocycles. The van der Waals surface area contributed by atoms with Crippen LogP contribution in [0.4, 0.5) is 0 Å². The number of hydrogen-bond acceptors (Lipinski definition) is 2. The molecule has 5 aliphatic rings. The van der Waals surface area contributed by atoms with Crippen LogP contribution in [-0.4, -0.2) is 22.3 Å². The van der Waals surface area contributed by atoms with Gasteiger partial charge in [-0.15, -0.1) is 0 Å². The van der Waals surface area contributed by atoms with E-state index >= 15 is 0 Å². The number of carboxylic acid groups (broad SMARTS) is 1. The SMILES string of the molecule is CC1=CC[C@]2(C(=O)O)CC[C@]3(C)[C@H](CC[C@@H]4[C@@]5(C)CC[C@H](O)C(C)(C)[C@@H]5CC[C@]43C)[C@H]2[C@@H]1C. The number of aliphatic carboxylic acids is 1. The molecule has 0 aliphatic heterocycles. The first-order chi connectivity index (χ1) is 15.3. The Labute approximate surface area is 201 Å². The molecular formula is C30H48O3. The highest BCUT2D eigenvalue weighted by Crippen LogP contribution is 2.76. The minimum absolute atomic E-state index is 0.0170. The van der Waals surface area contributed by atoms with E-state index in [4.69, 9.17) is 0 Å². The first-order valence-corrected chi connectivity index (χ1v) is 13.8. The summed E-state index contributed by atoms with van der Waals surface area (Å²) in [6.45, 7) is 16.9. The molecule has 0 radical (unpaired) electrons. The maximum absolute atomic E-state index is 12.8. The Morgan fingerprint density at radius 3 is 2.27 bits per heavy atom. The summed E-state index contributed by atoms with van der Waals surface area (Å²) < 4.78 is 0. The van der Waals surface area contributed by atoms with E-state index in [1.54, 1.807) is 0 Å². The Morgan fingerprint density at radius 1 is 0.909 bits per heavy atom. The minimum Gasteiger partial charge on any atom is -0.481 e. The molecule has 3 nitrogen and oxygen atoms in total. The highest BCUT2D eigenvalue weighted by Gasteiger charge is 2.71. The smallest absolute Gasteiger partial charge is 0.310 e. The number of hydrogen-bond donors (Lipinski definition) is 2. The fourth-order valence-corrected chi connectivity index (χ4v) is 11.3. The molecule has 0 saturated heterocycles. The summed E-state index contributed by atoms with van der Waals surface area (Å²) in [7, 11) is 0. The van der Waals surface area contributed by atoms with E-state index in [0.717, 1.165) is 32.1 Å². The molecule has 0 unspecified atom stereocenters. The molecule has 5 rings (SSSR count). The van der Waals surface area contributed by atoms with E-state index in [9.17, 15) is 15.0 Å². The molecular weight excluding hydrogens is 408 g/mol. The van der Waals surface area contributed by atoms with Crippen molar-refractivity contribution in [2.75, 3.05) is 0 Å². The third kappa shape index (κ3) is 2.75. The summed E-state index contributed by atoms with van der Waals surface area (Å²) in [5.74, 6) is 1.81.